The summed E-state index contributed by atoms with van der Waals surface area (Å²) in [6.07, 6.45) is 0.326. The van der Waals surface area contributed by atoms with Crippen molar-refractivity contribution in [2.45, 2.75) is 25.5 Å². The van der Waals surface area contributed by atoms with E-state index in [0.717, 1.165) is 5.56 Å². The SMILES string of the molecule is CN(Cc1ccccc1)C(=O)C[C@H]1CN(C(=O)COc2ccccc2F)CC[C@@H]1Oc1ccc(F)cc1. The minimum absolute atomic E-state index is 0.0136. The molecule has 1 aliphatic rings. The third-order valence-corrected chi connectivity index (χ3v) is 6.43. The van der Waals surface area contributed by atoms with Gasteiger partial charge < -0.3 is 19.3 Å². The number of hydrogen-bond donors (Lipinski definition) is 0. The molecule has 8 heteroatoms. The molecule has 1 saturated heterocycles. The molecule has 0 spiro atoms. The lowest BCUT2D eigenvalue weighted by molar-refractivity contribution is -0.140. The molecule has 2 atom stereocenters. The van der Waals surface area contributed by atoms with E-state index in [1.807, 2.05) is 30.3 Å². The third-order valence-electron chi connectivity index (χ3n) is 6.43. The summed E-state index contributed by atoms with van der Waals surface area (Å²) in [5.74, 6) is -1.04. The van der Waals surface area contributed by atoms with Crippen molar-refractivity contribution in [3.8, 4) is 11.5 Å². The summed E-state index contributed by atoms with van der Waals surface area (Å²) >= 11 is 0. The number of carbonyl (C=O) groups excluding carboxylic acids is 2. The van der Waals surface area contributed by atoms with Crippen LogP contribution in [0.15, 0.2) is 78.9 Å². The maximum absolute atomic E-state index is 13.9. The fraction of sp³-hybridized carbons (Fsp3) is 0.310. The average Bonchev–Trinajstić information content (AvgIpc) is 2.90. The van der Waals surface area contributed by atoms with Crippen molar-refractivity contribution in [1.29, 1.82) is 0 Å². The van der Waals surface area contributed by atoms with Crippen LogP contribution in [0.3, 0.4) is 0 Å². The van der Waals surface area contributed by atoms with Gasteiger partial charge in [-0.2, -0.15) is 0 Å². The number of rotatable bonds is 9. The molecule has 3 aromatic carbocycles. The normalized spacial score (nSPS) is 17.2. The second-order valence-corrected chi connectivity index (χ2v) is 9.16. The summed E-state index contributed by atoms with van der Waals surface area (Å²) in [7, 11) is 1.75. The standard InChI is InChI=1S/C29H30F2N2O4/c1-32(18-21-7-3-2-4-8-21)28(34)17-22-19-33(29(35)20-36-27-10-6-5-9-25(27)31)16-15-26(22)37-24-13-11-23(30)12-14-24/h2-14,22,26H,15-20H2,1H3/t22-,26-/m0/s1. The molecule has 6 nitrogen and oxygen atoms in total. The van der Waals surface area contributed by atoms with Gasteiger partial charge in [0.1, 0.15) is 17.7 Å². The van der Waals surface area contributed by atoms with Crippen molar-refractivity contribution < 1.29 is 27.8 Å². The molecule has 0 aliphatic carbocycles. The first kappa shape index (κ1) is 26.1. The van der Waals surface area contributed by atoms with Gasteiger partial charge in [0.25, 0.3) is 5.91 Å². The Morgan fingerprint density at radius 2 is 1.68 bits per heavy atom. The number of ether oxygens (including phenoxy) is 2. The number of para-hydroxylation sites is 1. The summed E-state index contributed by atoms with van der Waals surface area (Å²) in [5.41, 5.74) is 1.02. The molecule has 2 amide bonds. The number of carbonyl (C=O) groups is 2. The van der Waals surface area contributed by atoms with Crippen molar-refractivity contribution in [3.05, 3.63) is 96.1 Å². The predicted octanol–water partition coefficient (Wildman–Crippen LogP) is 4.69. The first-order chi connectivity index (χ1) is 17.9. The van der Waals surface area contributed by atoms with Gasteiger partial charge in [-0.25, -0.2) is 8.78 Å². The van der Waals surface area contributed by atoms with E-state index in [9.17, 15) is 18.4 Å². The minimum Gasteiger partial charge on any atom is -0.490 e. The molecule has 1 fully saturated rings. The van der Waals surface area contributed by atoms with E-state index < -0.39 is 5.82 Å². The lowest BCUT2D eigenvalue weighted by Crippen LogP contribution is -2.50. The Labute approximate surface area is 215 Å². The predicted molar refractivity (Wildman–Crippen MR) is 135 cm³/mol. The van der Waals surface area contributed by atoms with Crippen LogP contribution >= 0.6 is 0 Å². The van der Waals surface area contributed by atoms with Crippen LogP contribution in [-0.2, 0) is 16.1 Å². The number of likely N-dealkylation sites (tertiary alicyclic amines) is 1. The third kappa shape index (κ3) is 7.29. The molecule has 0 aromatic heterocycles. The first-order valence-corrected chi connectivity index (χ1v) is 12.2. The fourth-order valence-electron chi connectivity index (χ4n) is 4.39. The van der Waals surface area contributed by atoms with E-state index in [1.54, 1.807) is 41.1 Å². The number of piperidine rings is 1. The topological polar surface area (TPSA) is 59.1 Å². The number of hydrogen-bond acceptors (Lipinski definition) is 4. The maximum atomic E-state index is 13.9. The van der Waals surface area contributed by atoms with E-state index in [4.69, 9.17) is 9.47 Å². The summed E-state index contributed by atoms with van der Waals surface area (Å²) in [6.45, 7) is 0.847. The fourth-order valence-corrected chi connectivity index (χ4v) is 4.39. The monoisotopic (exact) mass is 508 g/mol. The van der Waals surface area contributed by atoms with Crippen molar-refractivity contribution in [2.24, 2.45) is 5.92 Å². The highest BCUT2D eigenvalue weighted by Crippen LogP contribution is 2.27. The molecular formula is C29H30F2N2O4. The molecule has 0 N–H and O–H groups in total. The molecule has 194 valence electrons. The number of amides is 2. The van der Waals surface area contributed by atoms with Crippen LogP contribution in [0.25, 0.3) is 0 Å². The van der Waals surface area contributed by atoms with Crippen LogP contribution in [-0.4, -0.2) is 54.5 Å². The Balaban J connectivity index is 1.42. The van der Waals surface area contributed by atoms with Gasteiger partial charge in [0.05, 0.1) is 0 Å². The molecule has 1 aliphatic heterocycles. The van der Waals surface area contributed by atoms with Gasteiger partial charge in [0, 0.05) is 45.4 Å². The highest BCUT2D eigenvalue weighted by atomic mass is 19.1. The van der Waals surface area contributed by atoms with Crippen LogP contribution in [0.1, 0.15) is 18.4 Å². The van der Waals surface area contributed by atoms with Gasteiger partial charge in [-0.05, 0) is 42.0 Å². The molecule has 4 rings (SSSR count). The van der Waals surface area contributed by atoms with Crippen LogP contribution in [0.5, 0.6) is 11.5 Å². The Bertz CT molecular complexity index is 1190. The molecule has 1 heterocycles. The number of nitrogens with zero attached hydrogens (tertiary/aromatic N) is 2. The number of benzene rings is 3. The molecule has 37 heavy (non-hydrogen) atoms. The van der Waals surface area contributed by atoms with Crippen molar-refractivity contribution in [1.82, 2.24) is 9.80 Å². The zero-order valence-corrected chi connectivity index (χ0v) is 20.7. The first-order valence-electron chi connectivity index (χ1n) is 12.2. The summed E-state index contributed by atoms with van der Waals surface area (Å²) in [4.78, 5) is 29.3. The molecule has 0 saturated carbocycles. The zero-order valence-electron chi connectivity index (χ0n) is 20.7. The van der Waals surface area contributed by atoms with Crippen molar-refractivity contribution in [2.75, 3.05) is 26.7 Å². The Morgan fingerprint density at radius 3 is 2.41 bits per heavy atom. The van der Waals surface area contributed by atoms with Gasteiger partial charge in [0.15, 0.2) is 18.2 Å². The second kappa shape index (κ2) is 12.3. The van der Waals surface area contributed by atoms with Gasteiger partial charge in [0.2, 0.25) is 5.91 Å². The second-order valence-electron chi connectivity index (χ2n) is 9.16. The molecule has 0 radical (unpaired) electrons. The smallest absolute Gasteiger partial charge is 0.260 e. The molecule has 3 aromatic rings. The zero-order chi connectivity index (χ0) is 26.2. The van der Waals surface area contributed by atoms with Crippen molar-refractivity contribution >= 4 is 11.8 Å². The Morgan fingerprint density at radius 1 is 0.973 bits per heavy atom. The lowest BCUT2D eigenvalue weighted by atomic mass is 9.90. The number of halogens is 2. The van der Waals surface area contributed by atoms with Crippen LogP contribution in [0.4, 0.5) is 8.78 Å². The highest BCUT2D eigenvalue weighted by Gasteiger charge is 2.35. The van der Waals surface area contributed by atoms with Gasteiger partial charge in [-0.15, -0.1) is 0 Å². The van der Waals surface area contributed by atoms with Crippen LogP contribution in [0.2, 0.25) is 0 Å². The maximum Gasteiger partial charge on any atom is 0.260 e. The van der Waals surface area contributed by atoms with E-state index in [1.165, 1.54) is 24.3 Å². The lowest BCUT2D eigenvalue weighted by Gasteiger charge is -2.38. The molecular weight excluding hydrogens is 478 g/mol. The Hall–Kier alpha value is -3.94. The quantitative estimate of drug-likeness (QED) is 0.421. The average molecular weight is 509 g/mol. The summed E-state index contributed by atoms with van der Waals surface area (Å²) in [6, 6.07) is 21.4. The summed E-state index contributed by atoms with van der Waals surface area (Å²) < 4.78 is 38.8. The highest BCUT2D eigenvalue weighted by molar-refractivity contribution is 5.79. The minimum atomic E-state index is -0.536. The van der Waals surface area contributed by atoms with Gasteiger partial charge in [-0.1, -0.05) is 42.5 Å². The molecule has 0 bridgehead atoms. The Kier molecular flexibility index (Phi) is 8.72. The van der Waals surface area contributed by atoms with Crippen LogP contribution < -0.4 is 9.47 Å². The largest absolute Gasteiger partial charge is 0.490 e. The van der Waals surface area contributed by atoms with E-state index in [0.29, 0.717) is 25.3 Å². The van der Waals surface area contributed by atoms with E-state index in [-0.39, 0.29) is 55.0 Å². The van der Waals surface area contributed by atoms with Crippen LogP contribution in [0, 0.1) is 17.6 Å². The van der Waals surface area contributed by atoms with Crippen molar-refractivity contribution in [3.63, 3.8) is 0 Å². The van der Waals surface area contributed by atoms with Gasteiger partial charge in [-0.3, -0.25) is 9.59 Å². The van der Waals surface area contributed by atoms with Gasteiger partial charge >= 0.3 is 0 Å². The van der Waals surface area contributed by atoms with E-state index in [2.05, 4.69) is 0 Å². The van der Waals surface area contributed by atoms with E-state index >= 15 is 0 Å². The molecule has 0 unspecified atom stereocenters. The summed E-state index contributed by atoms with van der Waals surface area (Å²) in [5, 5.41) is 0.